The summed E-state index contributed by atoms with van der Waals surface area (Å²) in [5.74, 6) is 3.00. The molecule has 0 unspecified atom stereocenters. The molecule has 0 saturated heterocycles. The van der Waals surface area contributed by atoms with Gasteiger partial charge in [-0.15, -0.1) is 0 Å². The van der Waals surface area contributed by atoms with Crippen LogP contribution in [0.15, 0.2) is 29.2 Å². The smallest absolute Gasteiger partial charge is 0.242 e. The predicted molar refractivity (Wildman–Crippen MR) is 99.7 cm³/mol. The van der Waals surface area contributed by atoms with Crippen LogP contribution in [0.2, 0.25) is 0 Å². The fourth-order valence-electron chi connectivity index (χ4n) is 5.75. The van der Waals surface area contributed by atoms with E-state index in [1.165, 1.54) is 50.5 Å². The van der Waals surface area contributed by atoms with Crippen molar-refractivity contribution < 1.29 is 13.2 Å². The molecule has 4 aliphatic carbocycles. The first-order valence-electron chi connectivity index (χ1n) is 9.64. The van der Waals surface area contributed by atoms with Crippen molar-refractivity contribution >= 4 is 15.9 Å². The van der Waals surface area contributed by atoms with Gasteiger partial charge in [0.15, 0.2) is 0 Å². The molecule has 142 valence electrons. The predicted octanol–water partition coefficient (Wildman–Crippen LogP) is 2.63. The average molecular weight is 377 g/mol. The number of carbonyl (C=O) groups is 1. The molecule has 1 N–H and O–H groups in total. The Bertz CT molecular complexity index is 775. The van der Waals surface area contributed by atoms with Gasteiger partial charge in [-0.05, 0) is 67.4 Å². The molecule has 1 amide bonds. The minimum absolute atomic E-state index is 0.121. The summed E-state index contributed by atoms with van der Waals surface area (Å²) in [6, 6.07) is 6.94. The summed E-state index contributed by atoms with van der Waals surface area (Å²) in [6.07, 6.45) is 6.19. The highest BCUT2D eigenvalue weighted by atomic mass is 32.2. The van der Waals surface area contributed by atoms with Gasteiger partial charge in [0.25, 0.3) is 0 Å². The number of nitrogens with zero attached hydrogens (tertiary/aromatic N) is 1. The zero-order valence-corrected chi connectivity index (χ0v) is 16.3. The largest absolute Gasteiger partial charge is 0.352 e. The van der Waals surface area contributed by atoms with Crippen LogP contribution in [0.5, 0.6) is 0 Å². The van der Waals surface area contributed by atoms with Gasteiger partial charge in [0, 0.05) is 26.6 Å². The Balaban J connectivity index is 1.48. The van der Waals surface area contributed by atoms with Crippen molar-refractivity contribution in [2.75, 3.05) is 14.1 Å². The van der Waals surface area contributed by atoms with Crippen LogP contribution in [-0.4, -0.2) is 32.7 Å². The lowest BCUT2D eigenvalue weighted by atomic mass is 9.51. The van der Waals surface area contributed by atoms with Gasteiger partial charge in [-0.2, -0.15) is 0 Å². The highest BCUT2D eigenvalue weighted by molar-refractivity contribution is 7.89. The fourth-order valence-corrected chi connectivity index (χ4v) is 6.87. The molecular weight excluding hydrogens is 348 g/mol. The van der Waals surface area contributed by atoms with Crippen molar-refractivity contribution in [2.24, 2.45) is 29.6 Å². The number of amides is 1. The summed E-state index contributed by atoms with van der Waals surface area (Å²) < 4.78 is 26.2. The summed E-state index contributed by atoms with van der Waals surface area (Å²) in [5, 5.41) is 3.06. The molecular formula is C20H28N2O3S. The van der Waals surface area contributed by atoms with Crippen molar-refractivity contribution in [1.29, 1.82) is 0 Å². The molecule has 0 aromatic heterocycles. The Morgan fingerprint density at radius 2 is 1.62 bits per heavy atom. The molecule has 1 aromatic carbocycles. The monoisotopic (exact) mass is 376 g/mol. The van der Waals surface area contributed by atoms with Crippen molar-refractivity contribution in [1.82, 2.24) is 9.62 Å². The highest BCUT2D eigenvalue weighted by Gasteiger charge is 2.50. The van der Waals surface area contributed by atoms with E-state index in [1.54, 1.807) is 18.2 Å². The van der Waals surface area contributed by atoms with Crippen LogP contribution in [0.25, 0.3) is 0 Å². The zero-order valence-electron chi connectivity index (χ0n) is 15.5. The van der Waals surface area contributed by atoms with Gasteiger partial charge in [-0.25, -0.2) is 12.7 Å². The van der Waals surface area contributed by atoms with Crippen LogP contribution in [0, 0.1) is 29.6 Å². The van der Waals surface area contributed by atoms with E-state index in [9.17, 15) is 13.2 Å². The number of hydrogen-bond acceptors (Lipinski definition) is 3. The van der Waals surface area contributed by atoms with E-state index in [2.05, 4.69) is 5.32 Å². The first-order chi connectivity index (χ1) is 12.4. The number of nitrogens with one attached hydrogen (secondary N) is 1. The van der Waals surface area contributed by atoms with E-state index in [4.69, 9.17) is 0 Å². The molecule has 4 aliphatic rings. The van der Waals surface area contributed by atoms with E-state index in [0.29, 0.717) is 17.4 Å². The number of benzene rings is 1. The van der Waals surface area contributed by atoms with Crippen LogP contribution >= 0.6 is 0 Å². The Hall–Kier alpha value is -1.40. The van der Waals surface area contributed by atoms with Crippen LogP contribution in [0.1, 0.15) is 37.7 Å². The highest BCUT2D eigenvalue weighted by Crippen LogP contribution is 2.56. The molecule has 0 heterocycles. The van der Waals surface area contributed by atoms with E-state index < -0.39 is 10.0 Å². The lowest BCUT2D eigenvalue weighted by molar-refractivity contribution is -0.138. The molecule has 4 fully saturated rings. The number of sulfonamides is 1. The third kappa shape index (κ3) is 3.07. The maximum atomic E-state index is 12.9. The second-order valence-corrected chi connectivity index (χ2v) is 10.7. The Kier molecular flexibility index (Phi) is 4.59. The summed E-state index contributed by atoms with van der Waals surface area (Å²) in [4.78, 5) is 13.2. The van der Waals surface area contributed by atoms with Crippen molar-refractivity contribution in [3.63, 3.8) is 0 Å². The summed E-state index contributed by atoms with van der Waals surface area (Å²) in [7, 11) is -0.461. The van der Waals surface area contributed by atoms with Gasteiger partial charge in [0.05, 0.1) is 4.90 Å². The third-order valence-electron chi connectivity index (χ3n) is 6.71. The summed E-state index contributed by atoms with van der Waals surface area (Å²) in [6.45, 7) is 0.269. The van der Waals surface area contributed by atoms with Crippen molar-refractivity contribution in [3.05, 3.63) is 29.8 Å². The minimum Gasteiger partial charge on any atom is -0.352 e. The van der Waals surface area contributed by atoms with E-state index >= 15 is 0 Å². The quantitative estimate of drug-likeness (QED) is 0.859. The Morgan fingerprint density at radius 1 is 1.04 bits per heavy atom. The molecule has 0 radical (unpaired) electrons. The standard InChI is InChI=1S/C20H28N2O3S/c1-22(2)26(24,25)18-6-4-3-5-15(18)12-21-20(23)19-16-8-13-7-14(10-16)11-17(19)9-13/h3-6,13-14,16-17,19H,7-12H2,1-2H3,(H,21,23). The average Bonchev–Trinajstić information content (AvgIpc) is 2.59. The summed E-state index contributed by atoms with van der Waals surface area (Å²) in [5.41, 5.74) is 0.651. The van der Waals surface area contributed by atoms with Crippen molar-refractivity contribution in [3.8, 4) is 0 Å². The maximum absolute atomic E-state index is 12.9. The van der Waals surface area contributed by atoms with Crippen LogP contribution in [0.4, 0.5) is 0 Å². The van der Waals surface area contributed by atoms with Crippen molar-refractivity contribution in [2.45, 2.75) is 43.5 Å². The lowest BCUT2D eigenvalue weighted by Gasteiger charge is -2.53. The molecule has 26 heavy (non-hydrogen) atoms. The van der Waals surface area contributed by atoms with Crippen LogP contribution in [-0.2, 0) is 21.4 Å². The molecule has 4 saturated carbocycles. The topological polar surface area (TPSA) is 66.5 Å². The normalized spacial score (nSPS) is 32.8. The zero-order chi connectivity index (χ0) is 18.5. The SMILES string of the molecule is CN(C)S(=O)(=O)c1ccccc1CNC(=O)C1C2CC3CC(C2)CC1C3. The molecule has 4 bridgehead atoms. The van der Waals surface area contributed by atoms with Crippen LogP contribution < -0.4 is 5.32 Å². The minimum atomic E-state index is -3.51. The summed E-state index contributed by atoms with van der Waals surface area (Å²) >= 11 is 0. The number of carbonyl (C=O) groups excluding carboxylic acids is 1. The van der Waals surface area contributed by atoms with Gasteiger partial charge in [-0.3, -0.25) is 4.79 Å². The lowest BCUT2D eigenvalue weighted by Crippen LogP contribution is -2.50. The van der Waals surface area contributed by atoms with Gasteiger partial charge < -0.3 is 5.32 Å². The third-order valence-corrected chi connectivity index (χ3v) is 8.63. The molecule has 6 heteroatoms. The van der Waals surface area contributed by atoms with Gasteiger partial charge >= 0.3 is 0 Å². The van der Waals surface area contributed by atoms with E-state index in [1.807, 2.05) is 6.07 Å². The second kappa shape index (κ2) is 6.64. The Labute approximate surface area is 156 Å². The number of rotatable bonds is 5. The van der Waals surface area contributed by atoms with Gasteiger partial charge in [0.1, 0.15) is 0 Å². The molecule has 5 rings (SSSR count). The Morgan fingerprint density at radius 3 is 2.19 bits per heavy atom. The van der Waals surface area contributed by atoms with E-state index in [-0.39, 0.29) is 23.3 Å². The van der Waals surface area contributed by atoms with Gasteiger partial charge in [-0.1, -0.05) is 18.2 Å². The molecule has 0 aliphatic heterocycles. The molecule has 5 nitrogen and oxygen atoms in total. The molecule has 0 atom stereocenters. The number of hydrogen-bond donors (Lipinski definition) is 1. The fraction of sp³-hybridized carbons (Fsp3) is 0.650. The van der Waals surface area contributed by atoms with Gasteiger partial charge in [0.2, 0.25) is 15.9 Å². The molecule has 1 aromatic rings. The molecule has 0 spiro atoms. The first-order valence-corrected chi connectivity index (χ1v) is 11.1. The van der Waals surface area contributed by atoms with Crippen LogP contribution in [0.3, 0.4) is 0 Å². The first kappa shape index (κ1) is 18.0. The second-order valence-electron chi connectivity index (χ2n) is 8.57. The van der Waals surface area contributed by atoms with E-state index in [0.717, 1.165) is 11.8 Å². The maximum Gasteiger partial charge on any atom is 0.242 e.